The van der Waals surface area contributed by atoms with Crippen molar-refractivity contribution < 1.29 is 0 Å². The molecule has 0 aliphatic carbocycles. The van der Waals surface area contributed by atoms with Crippen LogP contribution in [0.25, 0.3) is 0 Å². The summed E-state index contributed by atoms with van der Waals surface area (Å²) < 4.78 is 0. The average Bonchev–Trinajstić information content (AvgIpc) is 2.39. The smallest absolute Gasteiger partial charge is 0.0950 e. The van der Waals surface area contributed by atoms with Gasteiger partial charge in [-0.15, -0.1) is 0 Å². The van der Waals surface area contributed by atoms with Crippen LogP contribution in [0.3, 0.4) is 0 Å². The first kappa shape index (κ1) is 13.1. The van der Waals surface area contributed by atoms with Gasteiger partial charge in [0, 0.05) is 32.7 Å². The Labute approximate surface area is 110 Å². The Bertz CT molecular complexity index is 428. The largest absolute Gasteiger partial charge is 0.297 e. The van der Waals surface area contributed by atoms with E-state index in [0.29, 0.717) is 0 Å². The molecule has 1 aromatic rings. The van der Waals surface area contributed by atoms with Crippen molar-refractivity contribution in [1.82, 2.24) is 9.80 Å². The van der Waals surface area contributed by atoms with Gasteiger partial charge in [-0.1, -0.05) is 29.8 Å². The van der Waals surface area contributed by atoms with Crippen LogP contribution in [0.2, 0.25) is 0 Å². The molecule has 1 heterocycles. The highest BCUT2D eigenvalue weighted by molar-refractivity contribution is 5.22. The number of benzene rings is 1. The fourth-order valence-corrected chi connectivity index (χ4v) is 2.46. The summed E-state index contributed by atoms with van der Waals surface area (Å²) in [6.07, 6.45) is 0. The summed E-state index contributed by atoms with van der Waals surface area (Å²) in [5.41, 5.74) is 2.71. The highest BCUT2D eigenvalue weighted by Crippen LogP contribution is 2.11. The van der Waals surface area contributed by atoms with Crippen LogP contribution in [0.4, 0.5) is 0 Å². The molecule has 1 saturated heterocycles. The van der Waals surface area contributed by atoms with Gasteiger partial charge in [-0.25, -0.2) is 0 Å². The van der Waals surface area contributed by atoms with Crippen molar-refractivity contribution in [3.63, 3.8) is 0 Å². The van der Waals surface area contributed by atoms with Gasteiger partial charge in [-0.3, -0.25) is 9.80 Å². The van der Waals surface area contributed by atoms with E-state index in [1.807, 2.05) is 6.92 Å². The van der Waals surface area contributed by atoms with Crippen molar-refractivity contribution in [2.24, 2.45) is 0 Å². The quantitative estimate of drug-likeness (QED) is 0.813. The Balaban J connectivity index is 1.86. The maximum Gasteiger partial charge on any atom is 0.0950 e. The standard InChI is InChI=1S/C15H21N3/c1-13-4-3-5-15(10-13)12-17-6-8-18(9-7-17)14(2)11-16/h3-5,10,14H,6-9,12H2,1-2H3. The summed E-state index contributed by atoms with van der Waals surface area (Å²) in [4.78, 5) is 4.72. The molecule has 0 saturated carbocycles. The first-order chi connectivity index (χ1) is 8.69. The lowest BCUT2D eigenvalue weighted by Gasteiger charge is -2.35. The third kappa shape index (κ3) is 3.32. The van der Waals surface area contributed by atoms with Crippen LogP contribution in [0.15, 0.2) is 24.3 Å². The summed E-state index contributed by atoms with van der Waals surface area (Å²) in [7, 11) is 0. The van der Waals surface area contributed by atoms with E-state index in [1.54, 1.807) is 0 Å². The fourth-order valence-electron chi connectivity index (χ4n) is 2.46. The summed E-state index contributed by atoms with van der Waals surface area (Å²) in [6, 6.07) is 11.1. The Morgan fingerprint density at radius 1 is 1.28 bits per heavy atom. The number of rotatable bonds is 3. The van der Waals surface area contributed by atoms with E-state index in [9.17, 15) is 0 Å². The lowest BCUT2D eigenvalue weighted by Crippen LogP contribution is -2.48. The highest BCUT2D eigenvalue weighted by atomic mass is 15.3. The Hall–Kier alpha value is -1.37. The minimum Gasteiger partial charge on any atom is -0.297 e. The van der Waals surface area contributed by atoms with Crippen LogP contribution in [0, 0.1) is 18.3 Å². The van der Waals surface area contributed by atoms with Gasteiger partial charge in [0.2, 0.25) is 0 Å². The number of nitriles is 1. The zero-order valence-electron chi connectivity index (χ0n) is 11.3. The number of aryl methyl sites for hydroxylation is 1. The van der Waals surface area contributed by atoms with E-state index < -0.39 is 0 Å². The second-order valence-electron chi connectivity index (χ2n) is 5.11. The topological polar surface area (TPSA) is 30.3 Å². The Kier molecular flexibility index (Phi) is 4.35. The number of hydrogen-bond acceptors (Lipinski definition) is 3. The van der Waals surface area contributed by atoms with Crippen LogP contribution < -0.4 is 0 Å². The molecule has 0 spiro atoms. The third-order valence-corrected chi connectivity index (χ3v) is 3.63. The van der Waals surface area contributed by atoms with E-state index in [2.05, 4.69) is 47.1 Å². The molecule has 1 aliphatic heterocycles. The van der Waals surface area contributed by atoms with Crippen LogP contribution in [-0.4, -0.2) is 42.0 Å². The van der Waals surface area contributed by atoms with E-state index in [-0.39, 0.29) is 6.04 Å². The van der Waals surface area contributed by atoms with Crippen molar-refractivity contribution in [2.45, 2.75) is 26.4 Å². The molecule has 0 amide bonds. The predicted molar refractivity (Wildman–Crippen MR) is 73.1 cm³/mol. The van der Waals surface area contributed by atoms with E-state index in [4.69, 9.17) is 5.26 Å². The zero-order valence-corrected chi connectivity index (χ0v) is 11.3. The van der Waals surface area contributed by atoms with E-state index in [0.717, 1.165) is 32.7 Å². The second-order valence-corrected chi connectivity index (χ2v) is 5.11. The lowest BCUT2D eigenvalue weighted by atomic mass is 10.1. The molecule has 1 fully saturated rings. The SMILES string of the molecule is Cc1cccc(CN2CCN(C(C)C#N)CC2)c1. The van der Waals surface area contributed by atoms with Crippen molar-refractivity contribution in [3.8, 4) is 6.07 Å². The van der Waals surface area contributed by atoms with Gasteiger partial charge in [0.05, 0.1) is 12.1 Å². The van der Waals surface area contributed by atoms with Crippen molar-refractivity contribution in [1.29, 1.82) is 5.26 Å². The Morgan fingerprint density at radius 2 is 2.00 bits per heavy atom. The summed E-state index contributed by atoms with van der Waals surface area (Å²) in [5.74, 6) is 0. The summed E-state index contributed by atoms with van der Waals surface area (Å²) >= 11 is 0. The molecule has 0 N–H and O–H groups in total. The fraction of sp³-hybridized carbons (Fsp3) is 0.533. The molecule has 1 aromatic carbocycles. The molecule has 0 bridgehead atoms. The van der Waals surface area contributed by atoms with Gasteiger partial charge in [-0.2, -0.15) is 5.26 Å². The molecule has 3 heteroatoms. The maximum absolute atomic E-state index is 8.91. The highest BCUT2D eigenvalue weighted by Gasteiger charge is 2.20. The molecular formula is C15H21N3. The minimum absolute atomic E-state index is 0.0473. The van der Waals surface area contributed by atoms with Crippen LogP contribution in [0.1, 0.15) is 18.1 Å². The first-order valence-electron chi connectivity index (χ1n) is 6.60. The molecule has 1 aliphatic rings. The first-order valence-corrected chi connectivity index (χ1v) is 6.60. The van der Waals surface area contributed by atoms with Crippen molar-refractivity contribution in [3.05, 3.63) is 35.4 Å². The zero-order chi connectivity index (χ0) is 13.0. The van der Waals surface area contributed by atoms with Gasteiger partial charge in [0.25, 0.3) is 0 Å². The predicted octanol–water partition coefficient (Wildman–Crippen LogP) is 2.02. The monoisotopic (exact) mass is 243 g/mol. The molecule has 2 rings (SSSR count). The third-order valence-electron chi connectivity index (χ3n) is 3.63. The molecule has 0 aromatic heterocycles. The molecule has 1 atom stereocenters. The number of piperazine rings is 1. The minimum atomic E-state index is 0.0473. The molecule has 3 nitrogen and oxygen atoms in total. The normalized spacial score (nSPS) is 19.4. The average molecular weight is 243 g/mol. The molecule has 1 unspecified atom stereocenters. The molecular weight excluding hydrogens is 222 g/mol. The summed E-state index contributed by atoms with van der Waals surface area (Å²) in [6.45, 7) is 9.25. The maximum atomic E-state index is 8.91. The van der Waals surface area contributed by atoms with Crippen LogP contribution in [0.5, 0.6) is 0 Å². The van der Waals surface area contributed by atoms with E-state index in [1.165, 1.54) is 11.1 Å². The summed E-state index contributed by atoms with van der Waals surface area (Å²) in [5, 5.41) is 8.91. The van der Waals surface area contributed by atoms with Crippen molar-refractivity contribution in [2.75, 3.05) is 26.2 Å². The second kappa shape index (κ2) is 5.99. The van der Waals surface area contributed by atoms with Crippen LogP contribution in [-0.2, 0) is 6.54 Å². The molecule has 0 radical (unpaired) electrons. The van der Waals surface area contributed by atoms with Gasteiger partial charge in [-0.05, 0) is 19.4 Å². The van der Waals surface area contributed by atoms with Gasteiger partial charge < -0.3 is 0 Å². The molecule has 18 heavy (non-hydrogen) atoms. The van der Waals surface area contributed by atoms with Gasteiger partial charge in [0.15, 0.2) is 0 Å². The Morgan fingerprint density at radius 3 is 2.61 bits per heavy atom. The van der Waals surface area contributed by atoms with E-state index >= 15 is 0 Å². The number of hydrogen-bond donors (Lipinski definition) is 0. The molecule has 96 valence electrons. The number of nitrogens with zero attached hydrogens (tertiary/aromatic N) is 3. The van der Waals surface area contributed by atoms with Crippen LogP contribution >= 0.6 is 0 Å². The van der Waals surface area contributed by atoms with Crippen molar-refractivity contribution >= 4 is 0 Å². The van der Waals surface area contributed by atoms with Gasteiger partial charge in [0.1, 0.15) is 0 Å². The van der Waals surface area contributed by atoms with Gasteiger partial charge >= 0.3 is 0 Å². The lowest BCUT2D eigenvalue weighted by molar-refractivity contribution is 0.114.